The first-order valence-electron chi connectivity index (χ1n) is 9.07. The molecule has 1 aliphatic heterocycles. The number of halogens is 1. The maximum atomic E-state index is 12.9. The minimum Gasteiger partial charge on any atom is -0.352 e. The summed E-state index contributed by atoms with van der Waals surface area (Å²) in [6.07, 6.45) is 1.96. The fourth-order valence-electron chi connectivity index (χ4n) is 3.14. The van der Waals surface area contributed by atoms with Crippen molar-refractivity contribution < 1.29 is 14.0 Å². The van der Waals surface area contributed by atoms with E-state index in [9.17, 15) is 14.0 Å². The van der Waals surface area contributed by atoms with Crippen LogP contribution < -0.4 is 5.32 Å². The van der Waals surface area contributed by atoms with Crippen molar-refractivity contribution in [2.45, 2.75) is 26.7 Å². The summed E-state index contributed by atoms with van der Waals surface area (Å²) in [4.78, 5) is 28.6. The normalized spacial score (nSPS) is 17.6. The number of benzene rings is 1. The maximum absolute atomic E-state index is 12.9. The van der Waals surface area contributed by atoms with Crippen LogP contribution in [0.5, 0.6) is 0 Å². The van der Waals surface area contributed by atoms with E-state index in [1.165, 1.54) is 24.3 Å². The minimum atomic E-state index is -0.355. The number of carbonyl (C=O) groups excluding carboxylic acids is 2. The first-order valence-corrected chi connectivity index (χ1v) is 9.07. The number of amides is 2. The van der Waals surface area contributed by atoms with E-state index >= 15 is 0 Å². The SMILES string of the molecule is CCN(CC)CC(=O)N1CCCC(CNC(=O)c2ccc(F)cc2)C1. The lowest BCUT2D eigenvalue weighted by Crippen LogP contribution is -2.47. The van der Waals surface area contributed by atoms with Gasteiger partial charge in [-0.2, -0.15) is 0 Å². The lowest BCUT2D eigenvalue weighted by Gasteiger charge is -2.34. The zero-order chi connectivity index (χ0) is 18.2. The smallest absolute Gasteiger partial charge is 0.251 e. The van der Waals surface area contributed by atoms with Gasteiger partial charge in [0.1, 0.15) is 5.82 Å². The first kappa shape index (κ1) is 19.4. The largest absolute Gasteiger partial charge is 0.352 e. The summed E-state index contributed by atoms with van der Waals surface area (Å²) >= 11 is 0. The van der Waals surface area contributed by atoms with Gasteiger partial charge < -0.3 is 10.2 Å². The number of carbonyl (C=O) groups is 2. The third-order valence-corrected chi connectivity index (χ3v) is 4.78. The highest BCUT2D eigenvalue weighted by atomic mass is 19.1. The Hall–Kier alpha value is -1.95. The molecule has 6 heteroatoms. The Morgan fingerprint density at radius 2 is 1.92 bits per heavy atom. The summed E-state index contributed by atoms with van der Waals surface area (Å²) in [6.45, 7) is 8.32. The van der Waals surface area contributed by atoms with Gasteiger partial charge in [-0.25, -0.2) is 4.39 Å². The van der Waals surface area contributed by atoms with Crippen molar-refractivity contribution in [1.29, 1.82) is 0 Å². The fraction of sp³-hybridized carbons (Fsp3) is 0.579. The summed E-state index contributed by atoms with van der Waals surface area (Å²) < 4.78 is 12.9. The number of hydrogen-bond acceptors (Lipinski definition) is 3. The molecule has 1 aromatic rings. The molecular weight excluding hydrogens is 321 g/mol. The van der Waals surface area contributed by atoms with Crippen molar-refractivity contribution in [3.05, 3.63) is 35.6 Å². The molecule has 1 heterocycles. The van der Waals surface area contributed by atoms with Gasteiger partial charge in [0.15, 0.2) is 0 Å². The maximum Gasteiger partial charge on any atom is 0.251 e. The summed E-state index contributed by atoms with van der Waals surface area (Å²) in [6, 6.07) is 5.52. The molecule has 2 rings (SSSR count). The molecule has 0 aliphatic carbocycles. The molecule has 0 radical (unpaired) electrons. The van der Waals surface area contributed by atoms with Gasteiger partial charge >= 0.3 is 0 Å². The second-order valence-electron chi connectivity index (χ2n) is 6.53. The van der Waals surface area contributed by atoms with Crippen LogP contribution in [0.25, 0.3) is 0 Å². The molecule has 1 aromatic carbocycles. The second kappa shape index (κ2) is 9.51. The number of nitrogens with one attached hydrogen (secondary N) is 1. The van der Waals surface area contributed by atoms with Gasteiger partial charge in [0.2, 0.25) is 5.91 Å². The van der Waals surface area contributed by atoms with Crippen molar-refractivity contribution in [3.63, 3.8) is 0 Å². The molecule has 2 amide bonds. The number of likely N-dealkylation sites (tertiary alicyclic amines) is 1. The number of nitrogens with zero attached hydrogens (tertiary/aromatic N) is 2. The molecule has 1 fully saturated rings. The number of hydrogen-bond donors (Lipinski definition) is 1. The molecule has 1 aliphatic rings. The van der Waals surface area contributed by atoms with Crippen molar-refractivity contribution in [1.82, 2.24) is 15.1 Å². The van der Waals surface area contributed by atoms with E-state index in [1.54, 1.807) is 0 Å². The Bertz CT molecular complexity index is 573. The van der Waals surface area contributed by atoms with Crippen molar-refractivity contribution >= 4 is 11.8 Å². The number of likely N-dealkylation sites (N-methyl/N-ethyl adjacent to an activating group) is 1. The Kier molecular flexibility index (Phi) is 7.37. The van der Waals surface area contributed by atoms with Crippen molar-refractivity contribution in [2.24, 2.45) is 5.92 Å². The Morgan fingerprint density at radius 1 is 1.24 bits per heavy atom. The number of rotatable bonds is 7. The first-order chi connectivity index (χ1) is 12.0. The van der Waals surface area contributed by atoms with Crippen LogP contribution in [0.15, 0.2) is 24.3 Å². The van der Waals surface area contributed by atoms with E-state index in [-0.39, 0.29) is 23.5 Å². The monoisotopic (exact) mass is 349 g/mol. The zero-order valence-corrected chi connectivity index (χ0v) is 15.1. The molecule has 138 valence electrons. The van der Waals surface area contributed by atoms with Crippen LogP contribution in [-0.2, 0) is 4.79 Å². The van der Waals surface area contributed by atoms with Crippen LogP contribution in [0.3, 0.4) is 0 Å². The van der Waals surface area contributed by atoms with Crippen molar-refractivity contribution in [3.8, 4) is 0 Å². The van der Waals surface area contributed by atoms with Gasteiger partial charge in [-0.3, -0.25) is 14.5 Å². The predicted molar refractivity (Wildman–Crippen MR) is 95.8 cm³/mol. The molecule has 0 aromatic heterocycles. The van der Waals surface area contributed by atoms with Crippen LogP contribution in [0.4, 0.5) is 4.39 Å². The van der Waals surface area contributed by atoms with Gasteiger partial charge in [0, 0.05) is 25.2 Å². The van der Waals surface area contributed by atoms with Crippen LogP contribution in [0.2, 0.25) is 0 Å². The van der Waals surface area contributed by atoms with Gasteiger partial charge in [-0.1, -0.05) is 13.8 Å². The average Bonchev–Trinajstić information content (AvgIpc) is 2.64. The van der Waals surface area contributed by atoms with Crippen LogP contribution in [-0.4, -0.2) is 60.9 Å². The molecule has 25 heavy (non-hydrogen) atoms. The topological polar surface area (TPSA) is 52.7 Å². The summed E-state index contributed by atoms with van der Waals surface area (Å²) in [5.41, 5.74) is 0.451. The highest BCUT2D eigenvalue weighted by Gasteiger charge is 2.24. The molecule has 0 spiro atoms. The third-order valence-electron chi connectivity index (χ3n) is 4.78. The fourth-order valence-corrected chi connectivity index (χ4v) is 3.14. The van der Waals surface area contributed by atoms with Crippen LogP contribution >= 0.6 is 0 Å². The molecule has 5 nitrogen and oxygen atoms in total. The molecular formula is C19H28FN3O2. The molecule has 1 unspecified atom stereocenters. The highest BCUT2D eigenvalue weighted by Crippen LogP contribution is 2.16. The summed E-state index contributed by atoms with van der Waals surface area (Å²) in [5, 5.41) is 2.90. The Labute approximate surface area is 149 Å². The Balaban J connectivity index is 1.81. The average molecular weight is 349 g/mol. The third kappa shape index (κ3) is 5.81. The summed E-state index contributed by atoms with van der Waals surface area (Å²) in [5.74, 6) is -0.130. The lowest BCUT2D eigenvalue weighted by atomic mass is 9.97. The lowest BCUT2D eigenvalue weighted by molar-refractivity contribution is -0.134. The van der Waals surface area contributed by atoms with E-state index < -0.39 is 0 Å². The highest BCUT2D eigenvalue weighted by molar-refractivity contribution is 5.94. The van der Waals surface area contributed by atoms with E-state index in [1.807, 2.05) is 4.90 Å². The van der Waals surface area contributed by atoms with Gasteiger partial charge in [-0.15, -0.1) is 0 Å². The molecule has 1 atom stereocenters. The van der Waals surface area contributed by atoms with E-state index in [2.05, 4.69) is 24.1 Å². The standard InChI is InChI=1S/C19H28FN3O2/c1-3-22(4-2)14-18(24)23-11-5-6-15(13-23)12-21-19(25)16-7-9-17(20)10-8-16/h7-10,15H,3-6,11-14H2,1-2H3,(H,21,25). The molecule has 0 bridgehead atoms. The van der Waals surface area contributed by atoms with Crippen LogP contribution in [0.1, 0.15) is 37.0 Å². The Morgan fingerprint density at radius 3 is 2.56 bits per heavy atom. The van der Waals surface area contributed by atoms with Crippen molar-refractivity contribution in [2.75, 3.05) is 39.3 Å². The summed E-state index contributed by atoms with van der Waals surface area (Å²) in [7, 11) is 0. The van der Waals surface area contributed by atoms with E-state index in [0.717, 1.165) is 32.5 Å². The number of piperidine rings is 1. The molecule has 0 saturated carbocycles. The quantitative estimate of drug-likeness (QED) is 0.820. The minimum absolute atomic E-state index is 0.165. The van der Waals surface area contributed by atoms with Gasteiger partial charge in [-0.05, 0) is 56.1 Å². The van der Waals surface area contributed by atoms with Gasteiger partial charge in [0.25, 0.3) is 5.91 Å². The van der Waals surface area contributed by atoms with Gasteiger partial charge in [0.05, 0.1) is 6.54 Å². The molecule has 1 saturated heterocycles. The van der Waals surface area contributed by atoms with E-state index in [4.69, 9.17) is 0 Å². The molecule has 1 N–H and O–H groups in total. The second-order valence-corrected chi connectivity index (χ2v) is 6.53. The zero-order valence-electron chi connectivity index (χ0n) is 15.1. The van der Waals surface area contributed by atoms with Crippen LogP contribution in [0, 0.1) is 11.7 Å². The predicted octanol–water partition coefficient (Wildman–Crippen LogP) is 2.14. The van der Waals surface area contributed by atoms with E-state index in [0.29, 0.717) is 25.2 Å².